The molecule has 0 saturated carbocycles. The van der Waals surface area contributed by atoms with Gasteiger partial charge in [-0.15, -0.1) is 17.0 Å². The van der Waals surface area contributed by atoms with E-state index < -0.39 is 10.0 Å². The van der Waals surface area contributed by atoms with Gasteiger partial charge in [-0.1, -0.05) is 25.5 Å². The number of hydrogen-bond acceptors (Lipinski definition) is 5. The number of rotatable bonds is 4. The van der Waals surface area contributed by atoms with Crippen molar-refractivity contribution < 1.29 is 18.6 Å². The second kappa shape index (κ2) is 8.60. The molecule has 1 atom stereocenters. The smallest absolute Gasteiger partial charge is 0.238 e. The number of phenolic OH excluding ortho intramolecular Hbond substituents is 2. The SMILES string of the molecule is Br.CCCc1c(O)c(O)cc2c1CCNCC2c1ccc(S(N)(=O)=O)cc1. The lowest BCUT2D eigenvalue weighted by Crippen LogP contribution is -2.21. The molecule has 1 aliphatic rings. The van der Waals surface area contributed by atoms with Crippen LogP contribution in [0.2, 0.25) is 0 Å². The molecule has 0 radical (unpaired) electrons. The number of nitrogens with two attached hydrogens (primary N) is 1. The molecule has 0 spiro atoms. The summed E-state index contributed by atoms with van der Waals surface area (Å²) in [7, 11) is -3.73. The van der Waals surface area contributed by atoms with Gasteiger partial charge in [-0.2, -0.15) is 0 Å². The number of nitrogens with one attached hydrogen (secondary N) is 1. The summed E-state index contributed by atoms with van der Waals surface area (Å²) in [5, 5.41) is 29.1. The second-order valence-electron chi connectivity index (χ2n) is 6.66. The third-order valence-electron chi connectivity index (χ3n) is 4.92. The molecule has 3 rings (SSSR count). The van der Waals surface area contributed by atoms with Gasteiger partial charge in [0.05, 0.1) is 4.90 Å². The lowest BCUT2D eigenvalue weighted by Gasteiger charge is -2.22. The van der Waals surface area contributed by atoms with E-state index in [1.807, 2.05) is 6.92 Å². The van der Waals surface area contributed by atoms with Gasteiger partial charge >= 0.3 is 0 Å². The number of phenols is 2. The van der Waals surface area contributed by atoms with Crippen LogP contribution in [0.1, 0.15) is 41.5 Å². The van der Waals surface area contributed by atoms with E-state index in [1.54, 1.807) is 18.2 Å². The molecule has 2 aromatic rings. The maximum atomic E-state index is 11.5. The first-order valence-electron chi connectivity index (χ1n) is 8.73. The van der Waals surface area contributed by atoms with Crippen LogP contribution in [-0.4, -0.2) is 31.7 Å². The van der Waals surface area contributed by atoms with Crippen LogP contribution in [0.15, 0.2) is 35.2 Å². The maximum Gasteiger partial charge on any atom is 0.238 e. The van der Waals surface area contributed by atoms with E-state index >= 15 is 0 Å². The molecule has 0 amide bonds. The Hall–Kier alpha value is -1.61. The quantitative estimate of drug-likeness (QED) is 0.528. The minimum Gasteiger partial charge on any atom is -0.504 e. The molecule has 0 fully saturated rings. The Morgan fingerprint density at radius 3 is 2.48 bits per heavy atom. The minimum atomic E-state index is -3.73. The minimum absolute atomic E-state index is 0. The zero-order valence-electron chi connectivity index (χ0n) is 15.1. The molecule has 0 saturated heterocycles. The van der Waals surface area contributed by atoms with E-state index in [0.717, 1.165) is 41.6 Å². The number of fused-ring (bicyclic) bond motifs is 1. The average molecular weight is 457 g/mol. The van der Waals surface area contributed by atoms with Crippen LogP contribution in [0.5, 0.6) is 11.5 Å². The van der Waals surface area contributed by atoms with Crippen LogP contribution < -0.4 is 10.5 Å². The van der Waals surface area contributed by atoms with E-state index in [9.17, 15) is 18.6 Å². The summed E-state index contributed by atoms with van der Waals surface area (Å²) in [6.07, 6.45) is 2.33. The van der Waals surface area contributed by atoms with Crippen molar-refractivity contribution in [1.29, 1.82) is 0 Å². The van der Waals surface area contributed by atoms with Crippen molar-refractivity contribution in [3.8, 4) is 11.5 Å². The molecule has 148 valence electrons. The fourth-order valence-corrected chi connectivity index (χ4v) is 4.17. The first-order valence-corrected chi connectivity index (χ1v) is 10.3. The van der Waals surface area contributed by atoms with Crippen LogP contribution in [0.25, 0.3) is 0 Å². The van der Waals surface area contributed by atoms with Crippen molar-refractivity contribution in [3.05, 3.63) is 52.6 Å². The number of hydrogen-bond donors (Lipinski definition) is 4. The van der Waals surface area contributed by atoms with Crippen molar-refractivity contribution in [3.63, 3.8) is 0 Å². The highest BCUT2D eigenvalue weighted by molar-refractivity contribution is 8.93. The van der Waals surface area contributed by atoms with E-state index in [2.05, 4.69) is 5.32 Å². The fourth-order valence-electron chi connectivity index (χ4n) is 3.66. The predicted octanol–water partition coefficient (Wildman–Crippen LogP) is 2.55. The number of halogens is 1. The summed E-state index contributed by atoms with van der Waals surface area (Å²) in [5.74, 6) is -0.194. The number of primary sulfonamides is 1. The predicted molar refractivity (Wildman–Crippen MR) is 110 cm³/mol. The summed E-state index contributed by atoms with van der Waals surface area (Å²) in [4.78, 5) is 0.0725. The van der Waals surface area contributed by atoms with E-state index in [0.29, 0.717) is 13.0 Å². The van der Waals surface area contributed by atoms with Gasteiger partial charge in [0.1, 0.15) is 0 Å². The summed E-state index contributed by atoms with van der Waals surface area (Å²) in [6, 6.07) is 8.15. The van der Waals surface area contributed by atoms with Crippen molar-refractivity contribution in [2.75, 3.05) is 13.1 Å². The van der Waals surface area contributed by atoms with Gasteiger partial charge in [-0.25, -0.2) is 13.6 Å². The highest BCUT2D eigenvalue weighted by Crippen LogP contribution is 2.40. The fraction of sp³-hybridized carbons (Fsp3) is 0.368. The summed E-state index contributed by atoms with van der Waals surface area (Å²) in [5.41, 5.74) is 3.77. The Labute approximate surface area is 170 Å². The summed E-state index contributed by atoms with van der Waals surface area (Å²) >= 11 is 0. The Balaban J connectivity index is 0.00000261. The molecule has 2 aromatic carbocycles. The van der Waals surface area contributed by atoms with Gasteiger partial charge in [0, 0.05) is 18.0 Å². The Morgan fingerprint density at radius 2 is 1.89 bits per heavy atom. The van der Waals surface area contributed by atoms with Gasteiger partial charge in [0.25, 0.3) is 0 Å². The monoisotopic (exact) mass is 456 g/mol. The molecule has 27 heavy (non-hydrogen) atoms. The van der Waals surface area contributed by atoms with Gasteiger partial charge < -0.3 is 15.5 Å². The number of aromatic hydroxyl groups is 2. The van der Waals surface area contributed by atoms with Gasteiger partial charge in [0.2, 0.25) is 10.0 Å². The van der Waals surface area contributed by atoms with Crippen molar-refractivity contribution in [2.24, 2.45) is 5.14 Å². The molecule has 6 nitrogen and oxygen atoms in total. The molecular weight excluding hydrogens is 432 g/mol. The zero-order valence-corrected chi connectivity index (χ0v) is 17.6. The summed E-state index contributed by atoms with van der Waals surface area (Å²) < 4.78 is 23.0. The van der Waals surface area contributed by atoms with Crippen LogP contribution >= 0.6 is 17.0 Å². The first kappa shape index (κ1) is 21.7. The second-order valence-corrected chi connectivity index (χ2v) is 8.22. The lowest BCUT2D eigenvalue weighted by atomic mass is 9.84. The van der Waals surface area contributed by atoms with Gasteiger partial charge in [-0.3, -0.25) is 0 Å². The zero-order chi connectivity index (χ0) is 18.9. The van der Waals surface area contributed by atoms with Crippen LogP contribution in [0, 0.1) is 0 Å². The number of benzene rings is 2. The Kier molecular flexibility index (Phi) is 6.91. The van der Waals surface area contributed by atoms with Gasteiger partial charge in [-0.05, 0) is 54.3 Å². The van der Waals surface area contributed by atoms with E-state index in [1.165, 1.54) is 12.1 Å². The highest BCUT2D eigenvalue weighted by Gasteiger charge is 2.26. The summed E-state index contributed by atoms with van der Waals surface area (Å²) in [6.45, 7) is 3.48. The average Bonchev–Trinajstić information content (AvgIpc) is 2.80. The molecule has 0 aromatic heterocycles. The van der Waals surface area contributed by atoms with Gasteiger partial charge in [0.15, 0.2) is 11.5 Å². The van der Waals surface area contributed by atoms with Crippen LogP contribution in [-0.2, 0) is 22.9 Å². The van der Waals surface area contributed by atoms with E-state index in [-0.39, 0.29) is 39.3 Å². The molecule has 5 N–H and O–H groups in total. The molecule has 0 aliphatic carbocycles. The molecule has 1 aliphatic heterocycles. The molecule has 8 heteroatoms. The molecule has 1 heterocycles. The third kappa shape index (κ3) is 4.45. The topological polar surface area (TPSA) is 113 Å². The van der Waals surface area contributed by atoms with Crippen LogP contribution in [0.4, 0.5) is 0 Å². The molecular formula is C19H25BrN2O4S. The highest BCUT2D eigenvalue weighted by atomic mass is 79.9. The lowest BCUT2D eigenvalue weighted by molar-refractivity contribution is 0.397. The van der Waals surface area contributed by atoms with Crippen molar-refractivity contribution in [2.45, 2.75) is 37.0 Å². The molecule has 0 bridgehead atoms. The first-order chi connectivity index (χ1) is 12.3. The standard InChI is InChI=1S/C19H24N2O4S.BrH/c1-2-3-15-14-8-9-21-11-17(16(14)10-18(22)19(15)23)12-4-6-13(7-5-12)26(20,24)25;/h4-7,10,17,21-23H,2-3,8-9,11H2,1H3,(H2,20,24,25);1H. The maximum absolute atomic E-state index is 11.5. The Morgan fingerprint density at radius 1 is 1.22 bits per heavy atom. The van der Waals surface area contributed by atoms with E-state index in [4.69, 9.17) is 5.14 Å². The van der Waals surface area contributed by atoms with Crippen LogP contribution in [0.3, 0.4) is 0 Å². The van der Waals surface area contributed by atoms with Crippen molar-refractivity contribution in [1.82, 2.24) is 5.32 Å². The van der Waals surface area contributed by atoms with Crippen molar-refractivity contribution >= 4 is 27.0 Å². The number of sulfonamides is 1. The Bertz CT molecular complexity index is 914. The largest absolute Gasteiger partial charge is 0.504 e. The molecule has 1 unspecified atom stereocenters. The third-order valence-corrected chi connectivity index (χ3v) is 5.85. The normalized spacial score (nSPS) is 16.9.